The summed E-state index contributed by atoms with van der Waals surface area (Å²) in [5.74, 6) is 0.743. The van der Waals surface area contributed by atoms with Crippen LogP contribution in [0.5, 0.6) is 0 Å². The molecule has 1 saturated carbocycles. The molecule has 1 aliphatic rings. The maximum absolute atomic E-state index is 12.5. The molecule has 1 aromatic rings. The molecule has 1 aromatic heterocycles. The van der Waals surface area contributed by atoms with Gasteiger partial charge in [0.05, 0.1) is 4.90 Å². The van der Waals surface area contributed by atoms with Crippen molar-refractivity contribution in [2.24, 2.45) is 5.92 Å². The minimum Gasteiger partial charge on any atom is -0.384 e. The molecule has 1 heterocycles. The number of aromatic nitrogens is 1. The van der Waals surface area contributed by atoms with Crippen LogP contribution in [0.3, 0.4) is 0 Å². The molecule has 0 saturated heterocycles. The Morgan fingerprint density at radius 2 is 2.17 bits per heavy atom. The van der Waals surface area contributed by atoms with Gasteiger partial charge in [0, 0.05) is 24.8 Å². The Morgan fingerprint density at radius 1 is 1.50 bits per heavy atom. The number of nitrogens with two attached hydrogens (primary N) is 1. The number of hydrogen-bond acceptors (Lipinski definition) is 4. The monoisotopic (exact) mass is 269 g/mol. The van der Waals surface area contributed by atoms with Crippen molar-refractivity contribution >= 4 is 15.8 Å². The van der Waals surface area contributed by atoms with Gasteiger partial charge in [0.1, 0.15) is 5.82 Å². The molecule has 0 aliphatic heterocycles. The molecule has 1 fully saturated rings. The van der Waals surface area contributed by atoms with Crippen molar-refractivity contribution in [2.45, 2.75) is 37.6 Å². The summed E-state index contributed by atoms with van der Waals surface area (Å²) in [5.41, 5.74) is 5.55. The van der Waals surface area contributed by atoms with Gasteiger partial charge in [0.2, 0.25) is 10.0 Å². The normalized spacial score (nSPS) is 16.4. The fourth-order valence-corrected chi connectivity index (χ4v) is 3.60. The summed E-state index contributed by atoms with van der Waals surface area (Å²) < 4.78 is 26.6. The van der Waals surface area contributed by atoms with Crippen molar-refractivity contribution in [1.29, 1.82) is 0 Å². The van der Waals surface area contributed by atoms with Crippen molar-refractivity contribution < 1.29 is 8.42 Å². The Morgan fingerprint density at radius 3 is 2.67 bits per heavy atom. The molecule has 2 rings (SSSR count). The largest absolute Gasteiger partial charge is 0.384 e. The highest BCUT2D eigenvalue weighted by molar-refractivity contribution is 7.89. The average molecular weight is 269 g/mol. The maximum Gasteiger partial charge on any atom is 0.243 e. The van der Waals surface area contributed by atoms with Crippen LogP contribution >= 0.6 is 0 Å². The first-order valence-electron chi connectivity index (χ1n) is 6.14. The third-order valence-corrected chi connectivity index (χ3v) is 5.11. The maximum atomic E-state index is 12.5. The predicted octanol–water partition coefficient (Wildman–Crippen LogP) is 1.47. The van der Waals surface area contributed by atoms with Crippen LogP contribution in [0, 0.1) is 5.92 Å². The molecular weight excluding hydrogens is 250 g/mol. The summed E-state index contributed by atoms with van der Waals surface area (Å²) in [6, 6.07) is 2.86. The van der Waals surface area contributed by atoms with Gasteiger partial charge in [-0.3, -0.25) is 0 Å². The lowest BCUT2D eigenvalue weighted by atomic mass is 10.3. The third-order valence-electron chi connectivity index (χ3n) is 3.07. The van der Waals surface area contributed by atoms with Crippen LogP contribution in [0.25, 0.3) is 0 Å². The van der Waals surface area contributed by atoms with Gasteiger partial charge in [-0.15, -0.1) is 0 Å². The number of anilines is 1. The van der Waals surface area contributed by atoms with E-state index < -0.39 is 10.0 Å². The van der Waals surface area contributed by atoms with E-state index in [1.165, 1.54) is 18.3 Å². The van der Waals surface area contributed by atoms with E-state index in [0.29, 0.717) is 12.5 Å². The highest BCUT2D eigenvalue weighted by Crippen LogP contribution is 2.32. The Labute approximate surface area is 108 Å². The molecule has 0 unspecified atom stereocenters. The fraction of sp³-hybridized carbons (Fsp3) is 0.583. The molecule has 6 heteroatoms. The molecule has 1 aliphatic carbocycles. The molecule has 0 amide bonds. The molecular formula is C12H19N3O2S. The predicted molar refractivity (Wildman–Crippen MR) is 70.4 cm³/mol. The van der Waals surface area contributed by atoms with Crippen LogP contribution in [0.2, 0.25) is 0 Å². The molecule has 0 bridgehead atoms. The molecule has 100 valence electrons. The molecule has 0 atom stereocenters. The van der Waals surface area contributed by atoms with Crippen molar-refractivity contribution in [3.05, 3.63) is 18.3 Å². The number of sulfonamides is 1. The van der Waals surface area contributed by atoms with Gasteiger partial charge in [0.15, 0.2) is 0 Å². The number of pyridine rings is 1. The van der Waals surface area contributed by atoms with E-state index in [1.54, 1.807) is 4.31 Å². The molecule has 0 spiro atoms. The Balaban J connectivity index is 2.31. The van der Waals surface area contributed by atoms with Crippen LogP contribution in [0.1, 0.15) is 26.7 Å². The average Bonchev–Trinajstić information content (AvgIpc) is 3.09. The fourth-order valence-electron chi connectivity index (χ4n) is 1.87. The van der Waals surface area contributed by atoms with E-state index >= 15 is 0 Å². The zero-order valence-corrected chi connectivity index (χ0v) is 11.5. The highest BCUT2D eigenvalue weighted by Gasteiger charge is 2.33. The lowest BCUT2D eigenvalue weighted by Crippen LogP contribution is -2.38. The second-order valence-corrected chi connectivity index (χ2v) is 6.92. The number of nitrogens with zero attached hydrogens (tertiary/aromatic N) is 2. The van der Waals surface area contributed by atoms with E-state index in [0.717, 1.165) is 12.8 Å². The minimum absolute atomic E-state index is 0.0509. The van der Waals surface area contributed by atoms with Crippen LogP contribution in [-0.2, 0) is 10.0 Å². The summed E-state index contributed by atoms with van der Waals surface area (Å²) in [6.45, 7) is 4.39. The van der Waals surface area contributed by atoms with Crippen molar-refractivity contribution in [3.63, 3.8) is 0 Å². The molecule has 0 radical (unpaired) electrons. The number of rotatable bonds is 5. The summed E-state index contributed by atoms with van der Waals surface area (Å²) in [7, 11) is -3.46. The molecule has 18 heavy (non-hydrogen) atoms. The quantitative estimate of drug-likeness (QED) is 0.878. The second kappa shape index (κ2) is 4.85. The Kier molecular flexibility index (Phi) is 3.59. The first-order valence-corrected chi connectivity index (χ1v) is 7.58. The van der Waals surface area contributed by atoms with Gasteiger partial charge >= 0.3 is 0 Å². The molecule has 2 N–H and O–H groups in total. The zero-order chi connectivity index (χ0) is 13.3. The Hall–Kier alpha value is -1.14. The van der Waals surface area contributed by atoms with E-state index in [-0.39, 0.29) is 16.8 Å². The van der Waals surface area contributed by atoms with Crippen LogP contribution < -0.4 is 5.73 Å². The van der Waals surface area contributed by atoms with Gasteiger partial charge in [-0.1, -0.05) is 0 Å². The zero-order valence-electron chi connectivity index (χ0n) is 10.7. The Bertz CT molecular complexity index is 524. The minimum atomic E-state index is -3.46. The lowest BCUT2D eigenvalue weighted by molar-refractivity contribution is 0.341. The lowest BCUT2D eigenvalue weighted by Gasteiger charge is -2.25. The van der Waals surface area contributed by atoms with Crippen LogP contribution in [0.15, 0.2) is 23.2 Å². The van der Waals surface area contributed by atoms with Crippen molar-refractivity contribution in [2.75, 3.05) is 12.3 Å². The number of hydrogen-bond donors (Lipinski definition) is 1. The van der Waals surface area contributed by atoms with Crippen LogP contribution in [0.4, 0.5) is 5.82 Å². The first kappa shape index (κ1) is 13.3. The standard InChI is InChI=1S/C12H19N3O2S/c1-9(2)15(8-10-3-4-10)18(16,17)11-5-6-14-12(13)7-11/h5-7,9-10H,3-4,8H2,1-2H3,(H2,13,14). The van der Waals surface area contributed by atoms with E-state index in [1.807, 2.05) is 13.8 Å². The summed E-state index contributed by atoms with van der Waals surface area (Å²) in [6.07, 6.45) is 3.67. The summed E-state index contributed by atoms with van der Waals surface area (Å²) in [4.78, 5) is 4.05. The first-order chi connectivity index (χ1) is 8.41. The number of nitrogen functional groups attached to an aromatic ring is 1. The van der Waals surface area contributed by atoms with Gasteiger partial charge < -0.3 is 5.73 Å². The summed E-state index contributed by atoms with van der Waals surface area (Å²) >= 11 is 0. The second-order valence-electron chi connectivity index (χ2n) is 5.03. The van der Waals surface area contributed by atoms with Gasteiger partial charge in [-0.2, -0.15) is 4.31 Å². The molecule has 5 nitrogen and oxygen atoms in total. The molecule has 0 aromatic carbocycles. The SMILES string of the molecule is CC(C)N(CC1CC1)S(=O)(=O)c1ccnc(N)c1. The van der Waals surface area contributed by atoms with Gasteiger partial charge in [-0.25, -0.2) is 13.4 Å². The smallest absolute Gasteiger partial charge is 0.243 e. The third kappa shape index (κ3) is 2.81. The van der Waals surface area contributed by atoms with E-state index in [2.05, 4.69) is 4.98 Å². The van der Waals surface area contributed by atoms with Crippen molar-refractivity contribution in [1.82, 2.24) is 9.29 Å². The van der Waals surface area contributed by atoms with E-state index in [9.17, 15) is 8.42 Å². The van der Waals surface area contributed by atoms with Crippen LogP contribution in [-0.4, -0.2) is 30.3 Å². The van der Waals surface area contributed by atoms with E-state index in [4.69, 9.17) is 5.73 Å². The van der Waals surface area contributed by atoms with Gasteiger partial charge in [-0.05, 0) is 38.7 Å². The topological polar surface area (TPSA) is 76.3 Å². The highest BCUT2D eigenvalue weighted by atomic mass is 32.2. The summed E-state index contributed by atoms with van der Waals surface area (Å²) in [5, 5.41) is 0. The van der Waals surface area contributed by atoms with Crippen molar-refractivity contribution in [3.8, 4) is 0 Å². The van der Waals surface area contributed by atoms with Gasteiger partial charge in [0.25, 0.3) is 0 Å².